The topological polar surface area (TPSA) is 99.1 Å². The van der Waals surface area contributed by atoms with Crippen LogP contribution >= 0.6 is 0 Å². The Morgan fingerprint density at radius 1 is 0.581 bits per heavy atom. The van der Waals surface area contributed by atoms with Crippen molar-refractivity contribution in [2.24, 2.45) is 16.2 Å². The SMILES string of the molecule is CC(C)(C)CCOC(=O)CC(O)(CC(=O)OCCC(C)(C)C)C(=O)OCCC(C)(C)C. The lowest BCUT2D eigenvalue weighted by molar-refractivity contribution is -0.178. The highest BCUT2D eigenvalue weighted by atomic mass is 16.6. The molecule has 0 aliphatic rings. The number of aliphatic hydroxyl groups is 1. The van der Waals surface area contributed by atoms with Crippen LogP contribution in [0.5, 0.6) is 0 Å². The Kier molecular flexibility index (Phi) is 11.2. The summed E-state index contributed by atoms with van der Waals surface area (Å²) in [6.07, 6.45) is 0.491. The van der Waals surface area contributed by atoms with Gasteiger partial charge in [0.05, 0.1) is 32.7 Å². The number of esters is 3. The average molecular weight is 445 g/mol. The Balaban J connectivity index is 5.06. The molecule has 0 fully saturated rings. The summed E-state index contributed by atoms with van der Waals surface area (Å²) in [4.78, 5) is 37.1. The molecule has 182 valence electrons. The van der Waals surface area contributed by atoms with Crippen molar-refractivity contribution in [2.75, 3.05) is 19.8 Å². The summed E-state index contributed by atoms with van der Waals surface area (Å²) < 4.78 is 15.5. The summed E-state index contributed by atoms with van der Waals surface area (Å²) in [6, 6.07) is 0. The van der Waals surface area contributed by atoms with Crippen molar-refractivity contribution in [2.45, 2.75) is 100 Å². The third-order valence-corrected chi connectivity index (χ3v) is 4.57. The lowest BCUT2D eigenvalue weighted by Crippen LogP contribution is -2.45. The van der Waals surface area contributed by atoms with Gasteiger partial charge in [0, 0.05) is 0 Å². The molecule has 7 heteroatoms. The van der Waals surface area contributed by atoms with Crippen LogP contribution in [0.15, 0.2) is 0 Å². The van der Waals surface area contributed by atoms with Crippen LogP contribution in [0.2, 0.25) is 0 Å². The quantitative estimate of drug-likeness (QED) is 0.371. The first-order chi connectivity index (χ1) is 13.8. The highest BCUT2D eigenvalue weighted by Gasteiger charge is 2.43. The molecule has 0 amide bonds. The largest absolute Gasteiger partial charge is 0.466 e. The molecule has 0 rings (SSSR count). The Labute approximate surface area is 188 Å². The molecular weight excluding hydrogens is 400 g/mol. The van der Waals surface area contributed by atoms with Gasteiger partial charge in [0.25, 0.3) is 0 Å². The number of hydrogen-bond donors (Lipinski definition) is 1. The molecule has 0 saturated carbocycles. The monoisotopic (exact) mass is 444 g/mol. The van der Waals surface area contributed by atoms with Crippen LogP contribution in [0, 0.1) is 16.2 Å². The van der Waals surface area contributed by atoms with Gasteiger partial charge in [-0.05, 0) is 35.5 Å². The van der Waals surface area contributed by atoms with E-state index in [1.165, 1.54) is 0 Å². The number of carbonyl (C=O) groups excluding carboxylic acids is 3. The van der Waals surface area contributed by atoms with Gasteiger partial charge in [-0.1, -0.05) is 62.3 Å². The van der Waals surface area contributed by atoms with Gasteiger partial charge >= 0.3 is 17.9 Å². The number of ether oxygens (including phenoxy) is 3. The van der Waals surface area contributed by atoms with Crippen molar-refractivity contribution in [1.29, 1.82) is 0 Å². The lowest BCUT2D eigenvalue weighted by Gasteiger charge is -2.26. The molecule has 0 atom stereocenters. The maximum atomic E-state index is 12.6. The number of hydrogen-bond acceptors (Lipinski definition) is 7. The Hall–Kier alpha value is -1.63. The lowest BCUT2D eigenvalue weighted by atomic mass is 9.92. The van der Waals surface area contributed by atoms with E-state index in [1.807, 2.05) is 62.3 Å². The van der Waals surface area contributed by atoms with Crippen molar-refractivity contribution < 1.29 is 33.7 Å². The summed E-state index contributed by atoms with van der Waals surface area (Å²) >= 11 is 0. The zero-order valence-corrected chi connectivity index (χ0v) is 21.1. The molecule has 0 saturated heterocycles. The van der Waals surface area contributed by atoms with E-state index in [2.05, 4.69) is 0 Å². The molecule has 0 aliphatic heterocycles. The van der Waals surface area contributed by atoms with Crippen LogP contribution in [0.1, 0.15) is 94.4 Å². The predicted octanol–water partition coefficient (Wildman–Crippen LogP) is 4.44. The summed E-state index contributed by atoms with van der Waals surface area (Å²) in [5, 5.41) is 10.9. The third-order valence-electron chi connectivity index (χ3n) is 4.57. The van der Waals surface area contributed by atoms with E-state index >= 15 is 0 Å². The van der Waals surface area contributed by atoms with Crippen LogP contribution < -0.4 is 0 Å². The Morgan fingerprint density at radius 2 is 0.871 bits per heavy atom. The molecule has 1 N–H and O–H groups in total. The minimum atomic E-state index is -2.32. The summed E-state index contributed by atoms with van der Waals surface area (Å²) in [5.74, 6) is -2.54. The number of rotatable bonds is 11. The van der Waals surface area contributed by atoms with Crippen LogP contribution in [0.3, 0.4) is 0 Å². The van der Waals surface area contributed by atoms with Gasteiger partial charge in [0.15, 0.2) is 5.60 Å². The van der Waals surface area contributed by atoms with Crippen molar-refractivity contribution in [3.05, 3.63) is 0 Å². The first-order valence-corrected chi connectivity index (χ1v) is 11.0. The maximum absolute atomic E-state index is 12.6. The van der Waals surface area contributed by atoms with Gasteiger partial charge in [-0.15, -0.1) is 0 Å². The molecule has 7 nitrogen and oxygen atoms in total. The van der Waals surface area contributed by atoms with Gasteiger partial charge in [-0.2, -0.15) is 0 Å². The van der Waals surface area contributed by atoms with Gasteiger partial charge in [0.1, 0.15) is 0 Å². The Bertz CT molecular complexity index is 555. The van der Waals surface area contributed by atoms with Crippen LogP contribution in [-0.4, -0.2) is 48.4 Å². The molecule has 0 heterocycles. The van der Waals surface area contributed by atoms with E-state index in [0.29, 0.717) is 19.3 Å². The molecule has 0 aromatic carbocycles. The second-order valence-electron chi connectivity index (χ2n) is 11.9. The van der Waals surface area contributed by atoms with Gasteiger partial charge < -0.3 is 19.3 Å². The van der Waals surface area contributed by atoms with Crippen molar-refractivity contribution in [3.8, 4) is 0 Å². The highest BCUT2D eigenvalue weighted by Crippen LogP contribution is 2.24. The van der Waals surface area contributed by atoms with Crippen molar-refractivity contribution in [3.63, 3.8) is 0 Å². The fourth-order valence-electron chi connectivity index (χ4n) is 2.31. The second-order valence-corrected chi connectivity index (χ2v) is 11.9. The van der Waals surface area contributed by atoms with Crippen molar-refractivity contribution >= 4 is 17.9 Å². The van der Waals surface area contributed by atoms with Gasteiger partial charge in [-0.3, -0.25) is 9.59 Å². The summed E-state index contributed by atoms with van der Waals surface area (Å²) in [6.45, 7) is 18.4. The van der Waals surface area contributed by atoms with Crippen LogP contribution in [0.4, 0.5) is 0 Å². The molecule has 0 unspecified atom stereocenters. The highest BCUT2D eigenvalue weighted by molar-refractivity contribution is 5.90. The molecule has 0 aliphatic carbocycles. The van der Waals surface area contributed by atoms with E-state index in [9.17, 15) is 19.5 Å². The first-order valence-electron chi connectivity index (χ1n) is 11.0. The van der Waals surface area contributed by atoms with E-state index in [1.54, 1.807) is 0 Å². The minimum Gasteiger partial charge on any atom is -0.466 e. The van der Waals surface area contributed by atoms with Crippen LogP contribution in [-0.2, 0) is 28.6 Å². The zero-order chi connectivity index (χ0) is 24.5. The fourth-order valence-corrected chi connectivity index (χ4v) is 2.31. The molecule has 0 aromatic rings. The molecule has 0 bridgehead atoms. The van der Waals surface area contributed by atoms with Crippen molar-refractivity contribution in [1.82, 2.24) is 0 Å². The zero-order valence-electron chi connectivity index (χ0n) is 21.1. The normalized spacial score (nSPS) is 13.0. The number of carbonyl (C=O) groups is 3. The molecular formula is C24H44O7. The fraction of sp³-hybridized carbons (Fsp3) is 0.875. The minimum absolute atomic E-state index is 0.0284. The second kappa shape index (κ2) is 11.8. The molecule has 0 aromatic heterocycles. The van der Waals surface area contributed by atoms with E-state index in [-0.39, 0.29) is 36.1 Å². The Morgan fingerprint density at radius 3 is 1.16 bits per heavy atom. The maximum Gasteiger partial charge on any atom is 0.339 e. The predicted molar refractivity (Wildman–Crippen MR) is 119 cm³/mol. The van der Waals surface area contributed by atoms with E-state index < -0.39 is 36.4 Å². The molecule has 0 radical (unpaired) electrons. The van der Waals surface area contributed by atoms with E-state index in [4.69, 9.17) is 14.2 Å². The van der Waals surface area contributed by atoms with Gasteiger partial charge in [0.2, 0.25) is 0 Å². The van der Waals surface area contributed by atoms with Gasteiger partial charge in [-0.25, -0.2) is 4.79 Å². The summed E-state index contributed by atoms with van der Waals surface area (Å²) in [7, 11) is 0. The van der Waals surface area contributed by atoms with E-state index in [0.717, 1.165) is 0 Å². The summed E-state index contributed by atoms with van der Waals surface area (Å²) in [5.41, 5.74) is -2.45. The average Bonchev–Trinajstić information content (AvgIpc) is 2.50. The molecule has 31 heavy (non-hydrogen) atoms. The smallest absolute Gasteiger partial charge is 0.339 e. The van der Waals surface area contributed by atoms with Crippen LogP contribution in [0.25, 0.3) is 0 Å². The first kappa shape index (κ1) is 29.4. The molecule has 0 spiro atoms. The standard InChI is InChI=1S/C24H44O7/c1-21(2,3)10-13-29-18(25)16-24(28,20(27)31-15-12-23(7,8)9)17-19(26)30-14-11-22(4,5)6/h28H,10-17H2,1-9H3. The third kappa shape index (κ3) is 15.8.